The van der Waals surface area contributed by atoms with Gasteiger partial charge in [-0.15, -0.1) is 11.6 Å². The lowest BCUT2D eigenvalue weighted by atomic mass is 9.78. The van der Waals surface area contributed by atoms with Gasteiger partial charge < -0.3 is 4.90 Å². The molecule has 0 spiro atoms. The molecule has 19 heavy (non-hydrogen) atoms. The van der Waals surface area contributed by atoms with Crippen LogP contribution in [0.2, 0.25) is 0 Å². The van der Waals surface area contributed by atoms with Crippen LogP contribution >= 0.6 is 11.6 Å². The highest BCUT2D eigenvalue weighted by molar-refractivity contribution is 6.18. The van der Waals surface area contributed by atoms with Crippen molar-refractivity contribution in [1.82, 2.24) is 4.90 Å². The lowest BCUT2D eigenvalue weighted by molar-refractivity contribution is -0.200. The van der Waals surface area contributed by atoms with Crippen molar-refractivity contribution in [3.05, 3.63) is 0 Å². The van der Waals surface area contributed by atoms with E-state index in [2.05, 4.69) is 0 Å². The van der Waals surface area contributed by atoms with E-state index in [1.807, 2.05) is 6.92 Å². The number of carbonyl (C=O) groups is 1. The summed E-state index contributed by atoms with van der Waals surface area (Å²) in [6, 6.07) is 0. The van der Waals surface area contributed by atoms with E-state index in [1.165, 1.54) is 4.90 Å². The van der Waals surface area contributed by atoms with Crippen LogP contribution in [-0.4, -0.2) is 36.0 Å². The Morgan fingerprint density at radius 3 is 2.42 bits per heavy atom. The SMILES string of the molecule is CCCN(CCCl)C(=O)C1CCCCC1C(F)(F)F. The molecule has 0 aromatic carbocycles. The second-order valence-corrected chi connectivity index (χ2v) is 5.43. The van der Waals surface area contributed by atoms with Crippen LogP contribution in [0.3, 0.4) is 0 Å². The summed E-state index contributed by atoms with van der Waals surface area (Å²) in [5.74, 6) is -2.51. The van der Waals surface area contributed by atoms with Crippen LogP contribution in [0.1, 0.15) is 39.0 Å². The van der Waals surface area contributed by atoms with Gasteiger partial charge in [-0.2, -0.15) is 13.2 Å². The molecule has 2 nitrogen and oxygen atoms in total. The first kappa shape index (κ1) is 16.6. The van der Waals surface area contributed by atoms with E-state index in [9.17, 15) is 18.0 Å². The lowest BCUT2D eigenvalue weighted by Gasteiger charge is -2.35. The van der Waals surface area contributed by atoms with Gasteiger partial charge in [0.25, 0.3) is 0 Å². The highest BCUT2D eigenvalue weighted by Gasteiger charge is 2.48. The Balaban J connectivity index is 2.80. The first-order chi connectivity index (χ1) is 8.91. The molecule has 0 aromatic heterocycles. The average molecular weight is 300 g/mol. The predicted octanol–water partition coefficient (Wildman–Crippen LogP) is 3.83. The zero-order valence-corrected chi connectivity index (χ0v) is 11.9. The summed E-state index contributed by atoms with van der Waals surface area (Å²) in [5.41, 5.74) is 0. The molecule has 6 heteroatoms. The van der Waals surface area contributed by atoms with Gasteiger partial charge in [0, 0.05) is 24.9 Å². The Morgan fingerprint density at radius 1 is 1.26 bits per heavy atom. The molecule has 1 fully saturated rings. The zero-order valence-electron chi connectivity index (χ0n) is 11.2. The van der Waals surface area contributed by atoms with Crippen LogP contribution in [0, 0.1) is 11.8 Å². The third-order valence-electron chi connectivity index (χ3n) is 3.66. The molecule has 2 atom stereocenters. The molecule has 0 aromatic rings. The Hall–Kier alpha value is -0.450. The quantitative estimate of drug-likeness (QED) is 0.707. The Labute approximate surface area is 117 Å². The van der Waals surface area contributed by atoms with Crippen molar-refractivity contribution < 1.29 is 18.0 Å². The molecule has 0 saturated heterocycles. The third-order valence-corrected chi connectivity index (χ3v) is 3.83. The minimum atomic E-state index is -4.28. The second kappa shape index (κ2) is 7.36. The number of amides is 1. The fourth-order valence-electron chi connectivity index (χ4n) is 2.76. The average Bonchev–Trinajstić information content (AvgIpc) is 2.37. The van der Waals surface area contributed by atoms with Gasteiger partial charge in [0.05, 0.1) is 5.92 Å². The number of hydrogen-bond acceptors (Lipinski definition) is 1. The Kier molecular flexibility index (Phi) is 6.43. The zero-order chi connectivity index (χ0) is 14.5. The number of halogens is 4. The minimum Gasteiger partial charge on any atom is -0.341 e. The van der Waals surface area contributed by atoms with E-state index in [0.717, 1.165) is 6.42 Å². The highest BCUT2D eigenvalue weighted by atomic mass is 35.5. The van der Waals surface area contributed by atoms with Gasteiger partial charge in [-0.05, 0) is 19.3 Å². The summed E-state index contributed by atoms with van der Waals surface area (Å²) in [7, 11) is 0. The second-order valence-electron chi connectivity index (χ2n) is 5.05. The third kappa shape index (κ3) is 4.55. The molecular weight excluding hydrogens is 279 g/mol. The molecule has 0 aliphatic heterocycles. The van der Waals surface area contributed by atoms with Gasteiger partial charge >= 0.3 is 6.18 Å². The smallest absolute Gasteiger partial charge is 0.341 e. The van der Waals surface area contributed by atoms with E-state index in [-0.39, 0.29) is 18.2 Å². The van der Waals surface area contributed by atoms with Crippen LogP contribution in [0.4, 0.5) is 13.2 Å². The monoisotopic (exact) mass is 299 g/mol. The molecule has 0 radical (unpaired) electrons. The van der Waals surface area contributed by atoms with E-state index in [1.54, 1.807) is 0 Å². The maximum atomic E-state index is 13.0. The van der Waals surface area contributed by atoms with Gasteiger partial charge in [-0.25, -0.2) is 0 Å². The number of nitrogens with zero attached hydrogens (tertiary/aromatic N) is 1. The van der Waals surface area contributed by atoms with Gasteiger partial charge in [-0.1, -0.05) is 19.8 Å². The van der Waals surface area contributed by atoms with Crippen molar-refractivity contribution >= 4 is 17.5 Å². The lowest BCUT2D eigenvalue weighted by Crippen LogP contribution is -2.45. The molecule has 0 bridgehead atoms. The first-order valence-electron chi connectivity index (χ1n) is 6.83. The van der Waals surface area contributed by atoms with Crippen molar-refractivity contribution in [2.24, 2.45) is 11.8 Å². The fourth-order valence-corrected chi connectivity index (χ4v) is 2.96. The number of alkyl halides is 4. The van der Waals surface area contributed by atoms with Crippen molar-refractivity contribution in [2.45, 2.75) is 45.2 Å². The topological polar surface area (TPSA) is 20.3 Å². The van der Waals surface area contributed by atoms with Gasteiger partial charge in [0.2, 0.25) is 5.91 Å². The Bertz CT molecular complexity index is 290. The van der Waals surface area contributed by atoms with E-state index in [4.69, 9.17) is 11.6 Å². The highest BCUT2D eigenvalue weighted by Crippen LogP contribution is 2.42. The largest absolute Gasteiger partial charge is 0.392 e. The molecular formula is C13H21ClF3NO. The molecule has 0 N–H and O–H groups in total. The van der Waals surface area contributed by atoms with Crippen molar-refractivity contribution in [3.8, 4) is 0 Å². The number of rotatable bonds is 5. The minimum absolute atomic E-state index is 0.0702. The summed E-state index contributed by atoms with van der Waals surface area (Å²) in [6.07, 6.45) is -1.89. The normalized spacial score (nSPS) is 24.3. The maximum Gasteiger partial charge on any atom is 0.392 e. The number of carbonyl (C=O) groups excluding carboxylic acids is 1. The predicted molar refractivity (Wildman–Crippen MR) is 69.1 cm³/mol. The summed E-state index contributed by atoms with van der Waals surface area (Å²) in [5, 5.41) is 0. The fraction of sp³-hybridized carbons (Fsp3) is 0.923. The summed E-state index contributed by atoms with van der Waals surface area (Å²) < 4.78 is 39.0. The molecule has 1 aliphatic carbocycles. The van der Waals surface area contributed by atoms with Crippen LogP contribution in [0.25, 0.3) is 0 Å². The maximum absolute atomic E-state index is 13.0. The molecule has 1 amide bonds. The van der Waals surface area contributed by atoms with Crippen LogP contribution in [0.15, 0.2) is 0 Å². The Morgan fingerprint density at radius 2 is 1.89 bits per heavy atom. The summed E-state index contributed by atoms with van der Waals surface area (Å²) in [4.78, 5) is 13.8. The number of hydrogen-bond donors (Lipinski definition) is 0. The van der Waals surface area contributed by atoms with Gasteiger partial charge in [0.15, 0.2) is 0 Å². The van der Waals surface area contributed by atoms with E-state index < -0.39 is 18.0 Å². The van der Waals surface area contributed by atoms with Gasteiger partial charge in [-0.3, -0.25) is 4.79 Å². The van der Waals surface area contributed by atoms with Crippen LogP contribution < -0.4 is 0 Å². The molecule has 1 aliphatic rings. The molecule has 1 rings (SSSR count). The van der Waals surface area contributed by atoms with Crippen LogP contribution in [0.5, 0.6) is 0 Å². The van der Waals surface area contributed by atoms with Crippen molar-refractivity contribution in [2.75, 3.05) is 19.0 Å². The molecule has 1 saturated carbocycles. The van der Waals surface area contributed by atoms with Crippen molar-refractivity contribution in [1.29, 1.82) is 0 Å². The van der Waals surface area contributed by atoms with Gasteiger partial charge in [0.1, 0.15) is 0 Å². The van der Waals surface area contributed by atoms with Crippen LogP contribution in [-0.2, 0) is 4.79 Å². The molecule has 2 unspecified atom stereocenters. The summed E-state index contributed by atoms with van der Waals surface area (Å²) >= 11 is 5.63. The summed E-state index contributed by atoms with van der Waals surface area (Å²) in [6.45, 7) is 2.71. The standard InChI is InChI=1S/C13H21ClF3NO/c1-2-8-18(9-7-14)12(19)10-5-3-4-6-11(10)13(15,16)17/h10-11H,2-9H2,1H3. The van der Waals surface area contributed by atoms with Crippen molar-refractivity contribution in [3.63, 3.8) is 0 Å². The molecule has 112 valence electrons. The van der Waals surface area contributed by atoms with E-state index in [0.29, 0.717) is 32.4 Å². The first-order valence-corrected chi connectivity index (χ1v) is 7.36. The van der Waals surface area contributed by atoms with E-state index >= 15 is 0 Å². The molecule has 0 heterocycles.